The highest BCUT2D eigenvalue weighted by Gasteiger charge is 2.29. The lowest BCUT2D eigenvalue weighted by molar-refractivity contribution is 0.0734. The summed E-state index contributed by atoms with van der Waals surface area (Å²) in [6.45, 7) is 2.97. The molecule has 0 saturated heterocycles. The first-order valence-corrected chi connectivity index (χ1v) is 8.24. The van der Waals surface area contributed by atoms with E-state index in [0.717, 1.165) is 23.2 Å². The molecule has 0 radical (unpaired) electrons. The molecule has 1 amide bonds. The van der Waals surface area contributed by atoms with Crippen molar-refractivity contribution in [3.05, 3.63) is 39.5 Å². The highest BCUT2D eigenvalue weighted by Crippen LogP contribution is 2.29. The molecular formula is C15H15N5O2S. The molecule has 8 heteroatoms. The minimum absolute atomic E-state index is 0.0495. The first kappa shape index (κ1) is 14.1. The summed E-state index contributed by atoms with van der Waals surface area (Å²) in [6, 6.07) is 1.86. The molecule has 7 nitrogen and oxygen atoms in total. The molecule has 0 aromatic carbocycles. The Morgan fingerprint density at radius 1 is 1.43 bits per heavy atom. The zero-order valence-corrected chi connectivity index (χ0v) is 13.6. The van der Waals surface area contributed by atoms with Gasteiger partial charge in [0.2, 0.25) is 0 Å². The molecule has 118 valence electrons. The normalized spacial score (nSPS) is 14.1. The molecular weight excluding hydrogens is 314 g/mol. The lowest BCUT2D eigenvalue weighted by Crippen LogP contribution is -2.36. The smallest absolute Gasteiger partial charge is 0.278 e. The molecule has 0 bridgehead atoms. The van der Waals surface area contributed by atoms with Crippen molar-refractivity contribution in [2.45, 2.75) is 19.9 Å². The van der Waals surface area contributed by atoms with Crippen LogP contribution < -0.4 is 0 Å². The van der Waals surface area contributed by atoms with E-state index in [0.29, 0.717) is 30.5 Å². The maximum absolute atomic E-state index is 12.6. The summed E-state index contributed by atoms with van der Waals surface area (Å²) in [7, 11) is 1.90. The molecule has 23 heavy (non-hydrogen) atoms. The van der Waals surface area contributed by atoms with Crippen LogP contribution in [0.15, 0.2) is 21.3 Å². The second kappa shape index (κ2) is 5.31. The van der Waals surface area contributed by atoms with Crippen molar-refractivity contribution in [1.29, 1.82) is 0 Å². The maximum Gasteiger partial charge on any atom is 0.278 e. The fourth-order valence-corrected chi connectivity index (χ4v) is 3.53. The third-order valence-electron chi connectivity index (χ3n) is 4.03. The predicted octanol–water partition coefficient (Wildman–Crippen LogP) is 2.04. The van der Waals surface area contributed by atoms with Gasteiger partial charge in [0.05, 0.1) is 12.1 Å². The van der Waals surface area contributed by atoms with Crippen molar-refractivity contribution in [3.63, 3.8) is 0 Å². The van der Waals surface area contributed by atoms with Crippen molar-refractivity contribution in [3.8, 4) is 11.6 Å². The van der Waals surface area contributed by atoms with Gasteiger partial charge in [-0.2, -0.15) is 21.4 Å². The zero-order chi connectivity index (χ0) is 16.0. The number of hydrogen-bond acceptors (Lipinski definition) is 6. The van der Waals surface area contributed by atoms with Crippen LogP contribution in [0.1, 0.15) is 27.4 Å². The maximum atomic E-state index is 12.6. The van der Waals surface area contributed by atoms with E-state index in [9.17, 15) is 4.79 Å². The van der Waals surface area contributed by atoms with Gasteiger partial charge in [-0.3, -0.25) is 9.48 Å². The fourth-order valence-electron chi connectivity index (χ4n) is 2.90. The van der Waals surface area contributed by atoms with E-state index in [1.807, 2.05) is 33.5 Å². The van der Waals surface area contributed by atoms with Gasteiger partial charge in [0, 0.05) is 36.7 Å². The molecule has 4 rings (SSSR count). The Morgan fingerprint density at radius 2 is 2.30 bits per heavy atom. The highest BCUT2D eigenvalue weighted by molar-refractivity contribution is 7.08. The summed E-state index contributed by atoms with van der Waals surface area (Å²) in [4.78, 5) is 18.7. The minimum Gasteiger partial charge on any atom is -0.334 e. The van der Waals surface area contributed by atoms with Crippen LogP contribution in [0.3, 0.4) is 0 Å². The molecule has 4 heterocycles. The average Bonchev–Trinajstić information content (AvgIpc) is 3.27. The van der Waals surface area contributed by atoms with Gasteiger partial charge < -0.3 is 9.42 Å². The van der Waals surface area contributed by atoms with Gasteiger partial charge in [-0.1, -0.05) is 5.16 Å². The SMILES string of the molecule is Cc1noc(-c2nn(C)c3c2CN(C(=O)c2ccsc2)CC3)n1. The van der Waals surface area contributed by atoms with E-state index in [2.05, 4.69) is 15.2 Å². The van der Waals surface area contributed by atoms with Crippen molar-refractivity contribution in [1.82, 2.24) is 24.8 Å². The van der Waals surface area contributed by atoms with E-state index in [-0.39, 0.29) is 5.91 Å². The molecule has 0 N–H and O–H groups in total. The molecule has 1 aliphatic heterocycles. The van der Waals surface area contributed by atoms with Gasteiger partial charge in [0.25, 0.3) is 11.8 Å². The van der Waals surface area contributed by atoms with Crippen LogP contribution >= 0.6 is 11.3 Å². The molecule has 0 unspecified atom stereocenters. The number of carbonyl (C=O) groups excluding carboxylic acids is 1. The standard InChI is InChI=1S/C15H15N5O2S/c1-9-16-14(22-18-9)13-11-7-20(5-3-12(11)19(2)17-13)15(21)10-4-6-23-8-10/h4,6,8H,3,5,7H2,1-2H3. The third-order valence-corrected chi connectivity index (χ3v) is 4.71. The molecule has 3 aromatic heterocycles. The Kier molecular flexibility index (Phi) is 3.26. The minimum atomic E-state index is 0.0495. The summed E-state index contributed by atoms with van der Waals surface area (Å²) in [5.74, 6) is 1.03. The molecule has 0 atom stereocenters. The summed E-state index contributed by atoms with van der Waals surface area (Å²) >= 11 is 1.53. The van der Waals surface area contributed by atoms with E-state index in [4.69, 9.17) is 4.52 Å². The van der Waals surface area contributed by atoms with Gasteiger partial charge >= 0.3 is 0 Å². The number of thiophene rings is 1. The van der Waals surface area contributed by atoms with Crippen molar-refractivity contribution in [2.24, 2.45) is 7.05 Å². The number of amides is 1. The monoisotopic (exact) mass is 329 g/mol. The van der Waals surface area contributed by atoms with Crippen LogP contribution in [-0.2, 0) is 20.0 Å². The summed E-state index contributed by atoms with van der Waals surface area (Å²) < 4.78 is 7.10. The van der Waals surface area contributed by atoms with Crippen molar-refractivity contribution in [2.75, 3.05) is 6.54 Å². The average molecular weight is 329 g/mol. The molecule has 0 fully saturated rings. The summed E-state index contributed by atoms with van der Waals surface area (Å²) in [5, 5.41) is 12.1. The van der Waals surface area contributed by atoms with E-state index >= 15 is 0 Å². The number of hydrogen-bond donors (Lipinski definition) is 0. The van der Waals surface area contributed by atoms with Gasteiger partial charge in [-0.15, -0.1) is 0 Å². The third kappa shape index (κ3) is 2.35. The quantitative estimate of drug-likeness (QED) is 0.719. The predicted molar refractivity (Wildman–Crippen MR) is 84.0 cm³/mol. The van der Waals surface area contributed by atoms with E-state index in [1.54, 1.807) is 6.92 Å². The second-order valence-corrected chi connectivity index (χ2v) is 6.31. The number of aromatic nitrogens is 4. The van der Waals surface area contributed by atoms with Crippen molar-refractivity contribution >= 4 is 17.2 Å². The first-order valence-electron chi connectivity index (χ1n) is 7.30. The Balaban J connectivity index is 1.70. The number of nitrogens with zero attached hydrogens (tertiary/aromatic N) is 5. The van der Waals surface area contributed by atoms with Gasteiger partial charge in [0.1, 0.15) is 0 Å². The molecule has 0 aliphatic carbocycles. The zero-order valence-electron chi connectivity index (χ0n) is 12.8. The van der Waals surface area contributed by atoms with Gasteiger partial charge in [0.15, 0.2) is 11.5 Å². The largest absolute Gasteiger partial charge is 0.334 e. The summed E-state index contributed by atoms with van der Waals surface area (Å²) in [5.41, 5.74) is 3.51. The van der Waals surface area contributed by atoms with Crippen LogP contribution in [0.25, 0.3) is 11.6 Å². The Morgan fingerprint density at radius 3 is 3.00 bits per heavy atom. The van der Waals surface area contributed by atoms with Gasteiger partial charge in [-0.05, 0) is 18.4 Å². The fraction of sp³-hybridized carbons (Fsp3) is 0.333. The van der Waals surface area contributed by atoms with Crippen molar-refractivity contribution < 1.29 is 9.32 Å². The van der Waals surface area contributed by atoms with Crippen LogP contribution in [0.4, 0.5) is 0 Å². The first-order chi connectivity index (χ1) is 11.1. The topological polar surface area (TPSA) is 77.0 Å². The van der Waals surface area contributed by atoms with Crippen LogP contribution in [-0.4, -0.2) is 37.3 Å². The Labute approximate surface area is 136 Å². The molecule has 0 saturated carbocycles. The van der Waals surface area contributed by atoms with Crippen LogP contribution in [0, 0.1) is 6.92 Å². The lowest BCUT2D eigenvalue weighted by Gasteiger charge is -2.27. The molecule has 3 aromatic rings. The highest BCUT2D eigenvalue weighted by atomic mass is 32.1. The molecule has 0 spiro atoms. The lowest BCUT2D eigenvalue weighted by atomic mass is 10.0. The number of aryl methyl sites for hydroxylation is 2. The molecule has 1 aliphatic rings. The number of carbonyl (C=O) groups is 1. The Hall–Kier alpha value is -2.48. The van der Waals surface area contributed by atoms with Gasteiger partial charge in [-0.25, -0.2) is 0 Å². The summed E-state index contributed by atoms with van der Waals surface area (Å²) in [6.07, 6.45) is 0.766. The van der Waals surface area contributed by atoms with Crippen LogP contribution in [0.2, 0.25) is 0 Å². The number of fused-ring (bicyclic) bond motifs is 1. The number of rotatable bonds is 2. The van der Waals surface area contributed by atoms with E-state index < -0.39 is 0 Å². The second-order valence-electron chi connectivity index (χ2n) is 5.53. The van der Waals surface area contributed by atoms with E-state index in [1.165, 1.54) is 11.3 Å². The Bertz CT molecular complexity index is 865. The van der Waals surface area contributed by atoms with Crippen LogP contribution in [0.5, 0.6) is 0 Å².